The molecule has 7 heteroatoms. The Balaban J connectivity index is 1.60. The quantitative estimate of drug-likeness (QED) is 0.714. The highest BCUT2D eigenvalue weighted by molar-refractivity contribution is 6.32. The van der Waals surface area contributed by atoms with Gasteiger partial charge >= 0.3 is 5.63 Å². The molecule has 0 spiro atoms. The number of carbonyl (C=O) groups excluding carboxylic acids is 1. The second-order valence-electron chi connectivity index (χ2n) is 5.94. The number of benzene rings is 2. The van der Waals surface area contributed by atoms with Crippen LogP contribution in [0, 0.1) is 6.92 Å². The summed E-state index contributed by atoms with van der Waals surface area (Å²) in [4.78, 5) is 24.2. The van der Waals surface area contributed by atoms with E-state index < -0.39 is 5.63 Å². The summed E-state index contributed by atoms with van der Waals surface area (Å²) in [5.74, 6) is 0.854. The highest BCUT2D eigenvalue weighted by atomic mass is 35.5. The number of ether oxygens (including phenoxy) is 2. The zero-order valence-electron chi connectivity index (χ0n) is 13.8. The van der Waals surface area contributed by atoms with E-state index in [9.17, 15) is 9.59 Å². The van der Waals surface area contributed by atoms with E-state index in [1.165, 1.54) is 6.07 Å². The summed E-state index contributed by atoms with van der Waals surface area (Å²) in [6, 6.07) is 9.76. The minimum Gasteiger partial charge on any atom is -0.454 e. The van der Waals surface area contributed by atoms with Crippen LogP contribution >= 0.6 is 11.6 Å². The first-order valence-corrected chi connectivity index (χ1v) is 8.30. The van der Waals surface area contributed by atoms with E-state index in [-0.39, 0.29) is 19.2 Å². The van der Waals surface area contributed by atoms with Crippen molar-refractivity contribution in [3.05, 3.63) is 68.5 Å². The summed E-state index contributed by atoms with van der Waals surface area (Å²) in [6.07, 6.45) is 0. The smallest absolute Gasteiger partial charge is 0.336 e. The molecule has 0 bridgehead atoms. The highest BCUT2D eigenvalue weighted by Crippen LogP contribution is 2.32. The standard InChI is InChI=1S/C19H14ClNO5/c1-10-4-16-13(7-14(10)20)12(6-18(22)26-16)8-21-19(23)11-2-3-15-17(5-11)25-9-24-15/h2-7H,8-9H2,1H3,(H,21,23). The fraction of sp³-hybridized carbons (Fsp3) is 0.158. The summed E-state index contributed by atoms with van der Waals surface area (Å²) in [5.41, 5.74) is 1.84. The Labute approximate surface area is 153 Å². The van der Waals surface area contributed by atoms with Crippen molar-refractivity contribution < 1.29 is 18.7 Å². The first-order valence-electron chi connectivity index (χ1n) is 7.92. The molecule has 2 aromatic carbocycles. The second-order valence-corrected chi connectivity index (χ2v) is 6.35. The molecule has 4 rings (SSSR count). The van der Waals surface area contributed by atoms with E-state index in [4.69, 9.17) is 25.5 Å². The summed E-state index contributed by atoms with van der Waals surface area (Å²) >= 11 is 6.18. The van der Waals surface area contributed by atoms with Gasteiger partial charge in [-0.2, -0.15) is 0 Å². The van der Waals surface area contributed by atoms with Crippen molar-refractivity contribution in [1.82, 2.24) is 5.32 Å². The number of carbonyl (C=O) groups is 1. The Morgan fingerprint density at radius 3 is 2.81 bits per heavy atom. The minimum atomic E-state index is -0.480. The average Bonchev–Trinajstić information content (AvgIpc) is 3.08. The molecule has 0 radical (unpaired) electrons. The van der Waals surface area contributed by atoms with Gasteiger partial charge in [0.2, 0.25) is 6.79 Å². The molecular formula is C19H14ClNO5. The molecule has 1 amide bonds. The number of amides is 1. The van der Waals surface area contributed by atoms with Gasteiger partial charge in [-0.1, -0.05) is 11.6 Å². The van der Waals surface area contributed by atoms with Crippen molar-refractivity contribution in [1.29, 1.82) is 0 Å². The Morgan fingerprint density at radius 1 is 1.15 bits per heavy atom. The number of halogens is 1. The van der Waals surface area contributed by atoms with Crippen molar-refractivity contribution in [3.63, 3.8) is 0 Å². The summed E-state index contributed by atoms with van der Waals surface area (Å²) in [7, 11) is 0. The van der Waals surface area contributed by atoms with Gasteiger partial charge in [0.25, 0.3) is 5.91 Å². The van der Waals surface area contributed by atoms with Gasteiger partial charge in [0, 0.05) is 28.6 Å². The molecule has 0 saturated heterocycles. The van der Waals surface area contributed by atoms with Gasteiger partial charge in [-0.15, -0.1) is 0 Å². The minimum absolute atomic E-state index is 0.145. The van der Waals surface area contributed by atoms with E-state index in [0.29, 0.717) is 38.6 Å². The van der Waals surface area contributed by atoms with Gasteiger partial charge in [-0.3, -0.25) is 4.79 Å². The zero-order chi connectivity index (χ0) is 18.3. The number of rotatable bonds is 3. The summed E-state index contributed by atoms with van der Waals surface area (Å²) in [6.45, 7) is 2.14. The lowest BCUT2D eigenvalue weighted by Crippen LogP contribution is -2.23. The molecule has 0 atom stereocenters. The van der Waals surface area contributed by atoms with Gasteiger partial charge in [-0.25, -0.2) is 4.79 Å². The maximum absolute atomic E-state index is 12.4. The van der Waals surface area contributed by atoms with Crippen molar-refractivity contribution >= 4 is 28.5 Å². The predicted molar refractivity (Wildman–Crippen MR) is 96.0 cm³/mol. The van der Waals surface area contributed by atoms with Crippen molar-refractivity contribution in [2.75, 3.05) is 6.79 Å². The number of hydrogen-bond donors (Lipinski definition) is 1. The van der Waals surface area contributed by atoms with Gasteiger partial charge < -0.3 is 19.2 Å². The molecule has 3 aromatic rings. The first-order chi connectivity index (χ1) is 12.5. The molecule has 26 heavy (non-hydrogen) atoms. The van der Waals surface area contributed by atoms with Gasteiger partial charge in [0.05, 0.1) is 0 Å². The van der Waals surface area contributed by atoms with Gasteiger partial charge in [-0.05, 0) is 48.4 Å². The van der Waals surface area contributed by atoms with E-state index in [1.807, 2.05) is 6.92 Å². The molecule has 1 aliphatic rings. The fourth-order valence-electron chi connectivity index (χ4n) is 2.81. The van der Waals surface area contributed by atoms with E-state index in [0.717, 1.165) is 5.56 Å². The molecule has 132 valence electrons. The lowest BCUT2D eigenvalue weighted by atomic mass is 10.1. The maximum atomic E-state index is 12.4. The molecule has 0 aliphatic carbocycles. The Morgan fingerprint density at radius 2 is 1.96 bits per heavy atom. The molecule has 0 fully saturated rings. The third-order valence-corrected chi connectivity index (χ3v) is 4.59. The van der Waals surface area contributed by atoms with Crippen LogP contribution in [0.1, 0.15) is 21.5 Å². The van der Waals surface area contributed by atoms with Gasteiger partial charge in [0.1, 0.15) is 5.58 Å². The molecule has 0 unspecified atom stereocenters. The predicted octanol–water partition coefficient (Wildman–Crippen LogP) is 3.41. The van der Waals surface area contributed by atoms with Crippen LogP contribution in [-0.2, 0) is 6.54 Å². The molecular weight excluding hydrogens is 358 g/mol. The fourth-order valence-corrected chi connectivity index (χ4v) is 2.97. The first kappa shape index (κ1) is 16.5. The number of nitrogens with one attached hydrogen (secondary N) is 1. The third-order valence-electron chi connectivity index (χ3n) is 4.18. The molecule has 1 aliphatic heterocycles. The topological polar surface area (TPSA) is 77.8 Å². The van der Waals surface area contributed by atoms with E-state index in [2.05, 4.69) is 5.32 Å². The molecule has 0 saturated carbocycles. The molecule has 6 nitrogen and oxygen atoms in total. The van der Waals surface area contributed by atoms with Crippen LogP contribution < -0.4 is 20.4 Å². The van der Waals surface area contributed by atoms with Crippen LogP contribution in [0.4, 0.5) is 0 Å². The summed E-state index contributed by atoms with van der Waals surface area (Å²) in [5, 5.41) is 4.05. The van der Waals surface area contributed by atoms with Crippen molar-refractivity contribution in [2.45, 2.75) is 13.5 Å². The van der Waals surface area contributed by atoms with Crippen LogP contribution in [-0.4, -0.2) is 12.7 Å². The Kier molecular flexibility index (Phi) is 4.05. The normalized spacial score (nSPS) is 12.4. The zero-order valence-corrected chi connectivity index (χ0v) is 14.6. The maximum Gasteiger partial charge on any atom is 0.336 e. The lowest BCUT2D eigenvalue weighted by molar-refractivity contribution is 0.0950. The van der Waals surface area contributed by atoms with Crippen molar-refractivity contribution in [2.24, 2.45) is 0 Å². The van der Waals surface area contributed by atoms with Crippen molar-refractivity contribution in [3.8, 4) is 11.5 Å². The van der Waals surface area contributed by atoms with Crippen LogP contribution in [0.15, 0.2) is 45.6 Å². The van der Waals surface area contributed by atoms with E-state index in [1.54, 1.807) is 30.3 Å². The molecule has 1 aromatic heterocycles. The van der Waals surface area contributed by atoms with E-state index >= 15 is 0 Å². The SMILES string of the molecule is Cc1cc2oc(=O)cc(CNC(=O)c3ccc4c(c3)OCO4)c2cc1Cl. The van der Waals surface area contributed by atoms with Crippen LogP contribution in [0.5, 0.6) is 11.5 Å². The third kappa shape index (κ3) is 2.99. The van der Waals surface area contributed by atoms with Crippen LogP contribution in [0.2, 0.25) is 5.02 Å². The monoisotopic (exact) mass is 371 g/mol. The Bertz CT molecular complexity index is 1090. The highest BCUT2D eigenvalue weighted by Gasteiger charge is 2.16. The lowest BCUT2D eigenvalue weighted by Gasteiger charge is -2.09. The van der Waals surface area contributed by atoms with Gasteiger partial charge in [0.15, 0.2) is 11.5 Å². The molecule has 1 N–H and O–H groups in total. The molecule has 2 heterocycles. The average molecular weight is 372 g/mol. The number of fused-ring (bicyclic) bond motifs is 2. The van der Waals surface area contributed by atoms with Crippen LogP contribution in [0.3, 0.4) is 0 Å². The number of hydrogen-bond acceptors (Lipinski definition) is 5. The Hall–Kier alpha value is -2.99. The summed E-state index contributed by atoms with van der Waals surface area (Å²) < 4.78 is 15.7. The largest absolute Gasteiger partial charge is 0.454 e. The number of aryl methyl sites for hydroxylation is 1. The second kappa shape index (κ2) is 6.38. The van der Waals surface area contributed by atoms with Crippen LogP contribution in [0.25, 0.3) is 11.0 Å².